The third kappa shape index (κ3) is 3.38. The van der Waals surface area contributed by atoms with Crippen LogP contribution in [0.5, 0.6) is 0 Å². The summed E-state index contributed by atoms with van der Waals surface area (Å²) in [6.45, 7) is 8.50. The largest absolute Gasteiger partial charge is 0.327 e. The predicted molar refractivity (Wildman–Crippen MR) is 92.1 cm³/mol. The molecule has 4 heteroatoms. The second-order valence-corrected chi connectivity index (χ2v) is 6.43. The third-order valence-corrected chi connectivity index (χ3v) is 4.69. The topological polar surface area (TPSA) is 43.8 Å². The smallest absolute Gasteiger partial charge is 0.0791 e. The lowest BCUT2D eigenvalue weighted by atomic mass is 10.0. The molecule has 3 nitrogen and oxygen atoms in total. The van der Waals surface area contributed by atoms with Gasteiger partial charge in [0.25, 0.3) is 0 Å². The van der Waals surface area contributed by atoms with E-state index in [4.69, 9.17) is 5.73 Å². The lowest BCUT2D eigenvalue weighted by Gasteiger charge is -2.12. The fraction of sp³-hybridized carbons (Fsp3) is 0.471. The maximum atomic E-state index is 6.04. The molecule has 0 aliphatic rings. The second kappa shape index (κ2) is 6.75. The number of nitrogens with two attached hydrogens (primary N) is 1. The van der Waals surface area contributed by atoms with Gasteiger partial charge in [-0.2, -0.15) is 5.10 Å². The maximum absolute atomic E-state index is 6.04. The van der Waals surface area contributed by atoms with Crippen LogP contribution in [0.25, 0.3) is 5.69 Å². The van der Waals surface area contributed by atoms with Gasteiger partial charge in [0.15, 0.2) is 0 Å². The van der Waals surface area contributed by atoms with Crippen LogP contribution < -0.4 is 5.73 Å². The highest BCUT2D eigenvalue weighted by Crippen LogP contribution is 2.26. The SMILES string of the molecule is CCc1c(C)nn(-c2ccc(CC(N)CC)cc2Br)c1C. The highest BCUT2D eigenvalue weighted by Gasteiger charge is 2.13. The van der Waals surface area contributed by atoms with Gasteiger partial charge in [0.05, 0.1) is 11.4 Å². The van der Waals surface area contributed by atoms with E-state index in [1.54, 1.807) is 0 Å². The van der Waals surface area contributed by atoms with Crippen molar-refractivity contribution in [1.29, 1.82) is 0 Å². The molecule has 1 aromatic heterocycles. The van der Waals surface area contributed by atoms with Crippen molar-refractivity contribution >= 4 is 15.9 Å². The van der Waals surface area contributed by atoms with Gasteiger partial charge in [-0.3, -0.25) is 0 Å². The Morgan fingerprint density at radius 2 is 2.00 bits per heavy atom. The van der Waals surface area contributed by atoms with Crippen LogP contribution in [0.1, 0.15) is 42.8 Å². The first-order valence-corrected chi connectivity index (χ1v) is 8.36. The summed E-state index contributed by atoms with van der Waals surface area (Å²) in [4.78, 5) is 0. The van der Waals surface area contributed by atoms with E-state index < -0.39 is 0 Å². The predicted octanol–water partition coefficient (Wildman–Crippen LogP) is 4.09. The average molecular weight is 350 g/mol. The Morgan fingerprint density at radius 3 is 2.52 bits per heavy atom. The Hall–Kier alpha value is -1.13. The van der Waals surface area contributed by atoms with E-state index in [1.165, 1.54) is 16.8 Å². The van der Waals surface area contributed by atoms with Crippen LogP contribution in [0.4, 0.5) is 0 Å². The van der Waals surface area contributed by atoms with Gasteiger partial charge >= 0.3 is 0 Å². The van der Waals surface area contributed by atoms with Gasteiger partial charge < -0.3 is 5.73 Å². The molecule has 0 fully saturated rings. The highest BCUT2D eigenvalue weighted by atomic mass is 79.9. The number of nitrogens with zero attached hydrogens (tertiary/aromatic N) is 2. The summed E-state index contributed by atoms with van der Waals surface area (Å²) in [6, 6.07) is 6.66. The lowest BCUT2D eigenvalue weighted by molar-refractivity contribution is 0.646. The monoisotopic (exact) mass is 349 g/mol. The molecular formula is C17H24BrN3. The molecule has 0 saturated heterocycles. The molecule has 0 radical (unpaired) electrons. The molecule has 2 aromatic rings. The number of hydrogen-bond acceptors (Lipinski definition) is 2. The van der Waals surface area contributed by atoms with E-state index in [-0.39, 0.29) is 6.04 Å². The summed E-state index contributed by atoms with van der Waals surface area (Å²) >= 11 is 3.68. The van der Waals surface area contributed by atoms with E-state index in [1.807, 2.05) is 4.68 Å². The number of aromatic nitrogens is 2. The molecule has 21 heavy (non-hydrogen) atoms. The van der Waals surface area contributed by atoms with Crippen molar-refractivity contribution in [1.82, 2.24) is 9.78 Å². The van der Waals surface area contributed by atoms with Crippen LogP contribution in [-0.2, 0) is 12.8 Å². The minimum Gasteiger partial charge on any atom is -0.327 e. The average Bonchev–Trinajstić information content (AvgIpc) is 2.73. The highest BCUT2D eigenvalue weighted by molar-refractivity contribution is 9.10. The van der Waals surface area contributed by atoms with Crippen LogP contribution in [-0.4, -0.2) is 15.8 Å². The maximum Gasteiger partial charge on any atom is 0.0791 e. The molecule has 1 aromatic carbocycles. The van der Waals surface area contributed by atoms with Crippen molar-refractivity contribution < 1.29 is 0 Å². The van der Waals surface area contributed by atoms with Crippen LogP contribution >= 0.6 is 15.9 Å². The van der Waals surface area contributed by atoms with E-state index in [2.05, 4.69) is 66.9 Å². The van der Waals surface area contributed by atoms with E-state index in [9.17, 15) is 0 Å². The van der Waals surface area contributed by atoms with Crippen molar-refractivity contribution in [2.45, 2.75) is 53.0 Å². The number of halogens is 1. The summed E-state index contributed by atoms with van der Waals surface area (Å²) < 4.78 is 3.10. The second-order valence-electron chi connectivity index (χ2n) is 5.57. The number of benzene rings is 1. The van der Waals surface area contributed by atoms with E-state index in [0.29, 0.717) is 0 Å². The van der Waals surface area contributed by atoms with Crippen molar-refractivity contribution in [3.05, 3.63) is 45.2 Å². The lowest BCUT2D eigenvalue weighted by Crippen LogP contribution is -2.21. The molecule has 0 aliphatic heterocycles. The number of hydrogen-bond donors (Lipinski definition) is 1. The molecule has 0 aliphatic carbocycles. The molecule has 0 bridgehead atoms. The third-order valence-electron chi connectivity index (χ3n) is 4.06. The fourth-order valence-electron chi connectivity index (χ4n) is 2.72. The van der Waals surface area contributed by atoms with Crippen LogP contribution in [0.15, 0.2) is 22.7 Å². The quantitative estimate of drug-likeness (QED) is 0.883. The molecule has 2 N–H and O–H groups in total. The zero-order chi connectivity index (χ0) is 15.6. The normalized spacial score (nSPS) is 12.7. The summed E-state index contributed by atoms with van der Waals surface area (Å²) in [7, 11) is 0. The summed E-state index contributed by atoms with van der Waals surface area (Å²) in [5, 5.41) is 4.68. The minimum atomic E-state index is 0.225. The fourth-order valence-corrected chi connectivity index (χ4v) is 3.31. The van der Waals surface area contributed by atoms with Gasteiger partial charge in [-0.1, -0.05) is 19.9 Å². The zero-order valence-corrected chi connectivity index (χ0v) is 14.9. The zero-order valence-electron chi connectivity index (χ0n) is 13.3. The van der Waals surface area contributed by atoms with E-state index in [0.717, 1.165) is 35.1 Å². The molecule has 0 spiro atoms. The molecule has 0 amide bonds. The van der Waals surface area contributed by atoms with Crippen LogP contribution in [0.3, 0.4) is 0 Å². The van der Waals surface area contributed by atoms with Crippen molar-refractivity contribution in [3.8, 4) is 5.69 Å². The Bertz CT molecular complexity index is 631. The molecule has 1 heterocycles. The Labute approximate surface area is 135 Å². The standard InChI is InChI=1S/C17H24BrN3/c1-5-14(19)9-13-7-8-17(16(18)10-13)21-12(4)15(6-2)11(3)20-21/h7-8,10,14H,5-6,9,19H2,1-4H3. The molecule has 0 saturated carbocycles. The van der Waals surface area contributed by atoms with Crippen LogP contribution in [0.2, 0.25) is 0 Å². The Morgan fingerprint density at radius 1 is 1.29 bits per heavy atom. The molecule has 2 rings (SSSR count). The minimum absolute atomic E-state index is 0.225. The van der Waals surface area contributed by atoms with Gasteiger partial charge in [0.1, 0.15) is 0 Å². The summed E-state index contributed by atoms with van der Waals surface area (Å²) in [5.74, 6) is 0. The first-order chi connectivity index (χ1) is 9.97. The Kier molecular flexibility index (Phi) is 5.22. The van der Waals surface area contributed by atoms with E-state index >= 15 is 0 Å². The first-order valence-electron chi connectivity index (χ1n) is 7.57. The van der Waals surface area contributed by atoms with Gasteiger partial charge in [0, 0.05) is 16.2 Å². The Balaban J connectivity index is 2.37. The van der Waals surface area contributed by atoms with Crippen molar-refractivity contribution in [2.24, 2.45) is 5.73 Å². The molecule has 114 valence electrons. The summed E-state index contributed by atoms with van der Waals surface area (Å²) in [5.41, 5.74) is 12.0. The van der Waals surface area contributed by atoms with Gasteiger partial charge in [-0.05, 0) is 72.3 Å². The molecular weight excluding hydrogens is 326 g/mol. The molecule has 1 atom stereocenters. The molecule has 1 unspecified atom stereocenters. The number of rotatable bonds is 5. The number of aryl methyl sites for hydroxylation is 1. The van der Waals surface area contributed by atoms with Crippen molar-refractivity contribution in [2.75, 3.05) is 0 Å². The van der Waals surface area contributed by atoms with Gasteiger partial charge in [-0.15, -0.1) is 0 Å². The van der Waals surface area contributed by atoms with Gasteiger partial charge in [0.2, 0.25) is 0 Å². The first kappa shape index (κ1) is 16.2. The van der Waals surface area contributed by atoms with Crippen LogP contribution in [0, 0.1) is 13.8 Å². The van der Waals surface area contributed by atoms with Crippen molar-refractivity contribution in [3.63, 3.8) is 0 Å². The summed E-state index contributed by atoms with van der Waals surface area (Å²) in [6.07, 6.45) is 2.92. The van der Waals surface area contributed by atoms with Gasteiger partial charge in [-0.25, -0.2) is 4.68 Å².